The van der Waals surface area contributed by atoms with Crippen molar-refractivity contribution in [2.45, 2.75) is 49.7 Å². The molecule has 3 saturated heterocycles. The highest BCUT2D eigenvalue weighted by Gasteiger charge is 2.60. The number of amides is 3. The van der Waals surface area contributed by atoms with E-state index in [0.29, 0.717) is 31.0 Å². The van der Waals surface area contributed by atoms with Gasteiger partial charge in [-0.3, -0.25) is 14.4 Å². The molecule has 4 aliphatic heterocycles. The summed E-state index contributed by atoms with van der Waals surface area (Å²) in [6.07, 6.45) is 0.594. The third-order valence-electron chi connectivity index (χ3n) is 6.96. The number of nitrogens with one attached hydrogen (secondary N) is 3. The van der Waals surface area contributed by atoms with Gasteiger partial charge in [-0.05, 0) is 20.4 Å². The normalized spacial score (nSPS) is 32.4. The van der Waals surface area contributed by atoms with Crippen molar-refractivity contribution in [1.29, 1.82) is 0 Å². The Bertz CT molecular complexity index is 890. The van der Waals surface area contributed by atoms with E-state index in [0.717, 1.165) is 0 Å². The Morgan fingerprint density at radius 3 is 2.64 bits per heavy atom. The van der Waals surface area contributed by atoms with Gasteiger partial charge in [-0.25, -0.2) is 4.79 Å². The molecule has 0 aromatic carbocycles. The smallest absolute Gasteiger partial charge is 0.353 e. The molecule has 0 unspecified atom stereocenters. The minimum atomic E-state index is -1.13. The monoisotopic (exact) mass is 480 g/mol. The zero-order chi connectivity index (χ0) is 24.0. The molecule has 0 bridgehead atoms. The molecular formula is C21H32N6O5S. The number of carboxylic acids is 1. The minimum absolute atomic E-state index is 0.0284. The standard InChI is InChI=1S/C21H32N6O5S/c1-9-16-15(10(2)25-14(28)6-23-3)20(30)27(16)17(21(31)32)18(9)33-12-4-13(24-5-12)19(29)26-7-11(22)8-26/h9-13,15-16,23-24H,4-8,22H2,1-3H3,(H,25,28)(H,31,32)/t9-,10-,12+,13+,15-,16-/m1/s1. The molecule has 6 atom stereocenters. The second-order valence-electron chi connectivity index (χ2n) is 9.36. The molecule has 3 fully saturated rings. The third-order valence-corrected chi connectivity index (χ3v) is 8.47. The number of likely N-dealkylation sites (tertiary alicyclic amines) is 1. The van der Waals surface area contributed by atoms with Crippen LogP contribution in [0.15, 0.2) is 10.6 Å². The van der Waals surface area contributed by atoms with Gasteiger partial charge in [0, 0.05) is 47.8 Å². The fraction of sp³-hybridized carbons (Fsp3) is 0.714. The lowest BCUT2D eigenvalue weighted by Gasteiger charge is -2.47. The Morgan fingerprint density at radius 1 is 1.33 bits per heavy atom. The van der Waals surface area contributed by atoms with Gasteiger partial charge in [-0.1, -0.05) is 6.92 Å². The van der Waals surface area contributed by atoms with Crippen molar-refractivity contribution >= 4 is 35.5 Å². The molecule has 4 rings (SSSR count). The van der Waals surface area contributed by atoms with Crippen molar-refractivity contribution in [3.8, 4) is 0 Å². The largest absolute Gasteiger partial charge is 0.477 e. The lowest BCUT2D eigenvalue weighted by Crippen LogP contribution is -2.66. The van der Waals surface area contributed by atoms with Crippen molar-refractivity contribution < 1.29 is 24.3 Å². The van der Waals surface area contributed by atoms with Gasteiger partial charge in [0.25, 0.3) is 0 Å². The van der Waals surface area contributed by atoms with E-state index in [4.69, 9.17) is 5.73 Å². The first-order valence-corrected chi connectivity index (χ1v) is 12.2. The molecule has 33 heavy (non-hydrogen) atoms. The lowest BCUT2D eigenvalue weighted by atomic mass is 9.78. The summed E-state index contributed by atoms with van der Waals surface area (Å²) in [4.78, 5) is 53.4. The van der Waals surface area contributed by atoms with Crippen molar-refractivity contribution in [3.63, 3.8) is 0 Å². The van der Waals surface area contributed by atoms with Crippen LogP contribution in [-0.4, -0.2) is 101 Å². The minimum Gasteiger partial charge on any atom is -0.477 e. The van der Waals surface area contributed by atoms with Crippen LogP contribution in [-0.2, 0) is 19.2 Å². The molecule has 0 spiro atoms. The first-order chi connectivity index (χ1) is 15.6. The van der Waals surface area contributed by atoms with Crippen LogP contribution in [0.25, 0.3) is 0 Å². The van der Waals surface area contributed by atoms with Gasteiger partial charge in [-0.2, -0.15) is 0 Å². The number of hydrogen-bond acceptors (Lipinski definition) is 8. The topological polar surface area (TPSA) is 157 Å². The molecule has 12 heteroatoms. The van der Waals surface area contributed by atoms with E-state index in [1.165, 1.54) is 16.7 Å². The highest BCUT2D eigenvalue weighted by atomic mass is 32.2. The number of carbonyl (C=O) groups is 4. The summed E-state index contributed by atoms with van der Waals surface area (Å²) >= 11 is 1.45. The van der Waals surface area contributed by atoms with Crippen LogP contribution in [0.4, 0.5) is 0 Å². The summed E-state index contributed by atoms with van der Waals surface area (Å²) in [5, 5.41) is 18.8. The Balaban J connectivity index is 1.43. The molecule has 6 N–H and O–H groups in total. The van der Waals surface area contributed by atoms with E-state index in [1.54, 1.807) is 18.9 Å². The van der Waals surface area contributed by atoms with Crippen molar-refractivity contribution in [2.75, 3.05) is 33.2 Å². The molecule has 3 amide bonds. The molecule has 0 aromatic heterocycles. The second kappa shape index (κ2) is 9.24. The molecular weight excluding hydrogens is 448 g/mol. The van der Waals surface area contributed by atoms with Crippen LogP contribution in [0.2, 0.25) is 0 Å². The Hall–Kier alpha value is -2.15. The SMILES string of the molecule is CNCC(=O)N[C@H](C)[C@H]1C(=O)N2C(C(=O)O)=C(S[C@@H]3CN[C@H](C(=O)N4CC(N)C4)C3)[C@H](C)[C@H]12. The number of thioether (sulfide) groups is 1. The number of carbonyl (C=O) groups excluding carboxylic acids is 3. The number of β-lactam (4-membered cyclic amide) rings is 1. The van der Waals surface area contributed by atoms with E-state index < -0.39 is 17.9 Å². The Labute approximate surface area is 196 Å². The van der Waals surface area contributed by atoms with Gasteiger partial charge in [-0.15, -0.1) is 11.8 Å². The van der Waals surface area contributed by atoms with Gasteiger partial charge in [0.1, 0.15) is 5.70 Å². The van der Waals surface area contributed by atoms with E-state index in [1.807, 2.05) is 6.92 Å². The van der Waals surface area contributed by atoms with E-state index in [9.17, 15) is 24.3 Å². The molecule has 0 aliphatic carbocycles. The number of nitrogens with zero attached hydrogens (tertiary/aromatic N) is 2. The molecule has 0 saturated carbocycles. The van der Waals surface area contributed by atoms with E-state index in [2.05, 4.69) is 16.0 Å². The molecule has 182 valence electrons. The van der Waals surface area contributed by atoms with Crippen molar-refractivity contribution in [2.24, 2.45) is 17.6 Å². The van der Waals surface area contributed by atoms with Crippen molar-refractivity contribution in [1.82, 2.24) is 25.8 Å². The van der Waals surface area contributed by atoms with Gasteiger partial charge in [0.05, 0.1) is 24.5 Å². The number of likely N-dealkylation sites (N-methyl/N-ethyl adjacent to an activating group) is 1. The summed E-state index contributed by atoms with van der Waals surface area (Å²) < 4.78 is 0. The van der Waals surface area contributed by atoms with Crippen molar-refractivity contribution in [3.05, 3.63) is 10.6 Å². The Morgan fingerprint density at radius 2 is 2.03 bits per heavy atom. The predicted molar refractivity (Wildman–Crippen MR) is 122 cm³/mol. The molecule has 0 aromatic rings. The van der Waals surface area contributed by atoms with Crippen LogP contribution in [0.5, 0.6) is 0 Å². The molecule has 4 heterocycles. The van der Waals surface area contributed by atoms with Gasteiger partial charge in [0.15, 0.2) is 0 Å². The zero-order valence-electron chi connectivity index (χ0n) is 19.0. The van der Waals surface area contributed by atoms with Crippen LogP contribution < -0.4 is 21.7 Å². The number of rotatable bonds is 8. The maximum atomic E-state index is 12.9. The number of carboxylic acid groups (broad SMARTS) is 1. The Kier molecular flexibility index (Phi) is 6.72. The average molecular weight is 481 g/mol. The predicted octanol–water partition coefficient (Wildman–Crippen LogP) is -1.88. The van der Waals surface area contributed by atoms with Gasteiger partial charge >= 0.3 is 5.97 Å². The molecule has 4 aliphatic rings. The summed E-state index contributed by atoms with van der Waals surface area (Å²) in [6.45, 7) is 5.59. The highest BCUT2D eigenvalue weighted by Crippen LogP contribution is 2.51. The van der Waals surface area contributed by atoms with E-state index in [-0.39, 0.29) is 59.3 Å². The first-order valence-electron chi connectivity index (χ1n) is 11.3. The lowest BCUT2D eigenvalue weighted by molar-refractivity contribution is -0.158. The second-order valence-corrected chi connectivity index (χ2v) is 10.7. The number of aliphatic carboxylic acids is 1. The van der Waals surface area contributed by atoms with Gasteiger partial charge < -0.3 is 36.6 Å². The summed E-state index contributed by atoms with van der Waals surface area (Å²) in [7, 11) is 1.67. The summed E-state index contributed by atoms with van der Waals surface area (Å²) in [5.41, 5.74) is 5.82. The maximum absolute atomic E-state index is 12.9. The third kappa shape index (κ3) is 4.25. The first kappa shape index (κ1) is 24.0. The highest BCUT2D eigenvalue weighted by molar-refractivity contribution is 8.03. The number of hydrogen-bond donors (Lipinski definition) is 5. The number of fused-ring (bicyclic) bond motifs is 1. The van der Waals surface area contributed by atoms with Gasteiger partial charge in [0.2, 0.25) is 17.7 Å². The molecule has 11 nitrogen and oxygen atoms in total. The quantitative estimate of drug-likeness (QED) is 0.251. The maximum Gasteiger partial charge on any atom is 0.353 e. The van der Waals surface area contributed by atoms with E-state index >= 15 is 0 Å². The fourth-order valence-corrected chi connectivity index (χ4v) is 6.80. The van der Waals surface area contributed by atoms with Crippen LogP contribution in [0.3, 0.4) is 0 Å². The molecule has 0 radical (unpaired) electrons. The zero-order valence-corrected chi connectivity index (χ0v) is 19.9. The summed E-state index contributed by atoms with van der Waals surface area (Å²) in [5.74, 6) is -2.21. The number of nitrogens with two attached hydrogens (primary N) is 1. The van der Waals surface area contributed by atoms with Crippen LogP contribution in [0.1, 0.15) is 20.3 Å². The van der Waals surface area contributed by atoms with Crippen LogP contribution in [0, 0.1) is 11.8 Å². The average Bonchev–Trinajstić information content (AvgIpc) is 3.27. The fourth-order valence-electron chi connectivity index (χ4n) is 5.33. The summed E-state index contributed by atoms with van der Waals surface area (Å²) in [6, 6.07) is -0.956. The van der Waals surface area contributed by atoms with Crippen LogP contribution >= 0.6 is 11.8 Å².